The van der Waals surface area contributed by atoms with Crippen molar-refractivity contribution in [3.8, 4) is 10.4 Å². The number of rotatable bonds is 6. The molecule has 5 nitrogen and oxygen atoms in total. The summed E-state index contributed by atoms with van der Waals surface area (Å²) in [5, 5.41) is 4.76. The average molecular weight is 427 g/mol. The molecule has 0 unspecified atom stereocenters. The number of halogens is 1. The van der Waals surface area contributed by atoms with E-state index in [0.717, 1.165) is 26.1 Å². The van der Waals surface area contributed by atoms with Crippen LogP contribution in [0.4, 0.5) is 5.69 Å². The van der Waals surface area contributed by atoms with Gasteiger partial charge in [-0.05, 0) is 29.6 Å². The highest BCUT2D eigenvalue weighted by molar-refractivity contribution is 7.91. The molecule has 136 valence electrons. The fraction of sp³-hybridized carbons (Fsp3) is 0.118. The lowest BCUT2D eigenvalue weighted by Crippen LogP contribution is -2.34. The van der Waals surface area contributed by atoms with Crippen LogP contribution < -0.4 is 5.32 Å². The zero-order chi connectivity index (χ0) is 18.7. The molecule has 3 rings (SSSR count). The normalized spacial score (nSPS) is 11.7. The first-order valence-electron chi connectivity index (χ1n) is 7.52. The van der Waals surface area contributed by atoms with Crippen molar-refractivity contribution in [3.63, 3.8) is 0 Å². The van der Waals surface area contributed by atoms with Gasteiger partial charge in [-0.15, -0.1) is 22.7 Å². The maximum absolute atomic E-state index is 12.5. The number of sulfonamides is 1. The van der Waals surface area contributed by atoms with Crippen molar-refractivity contribution >= 4 is 55.9 Å². The highest BCUT2D eigenvalue weighted by Crippen LogP contribution is 2.31. The zero-order valence-corrected chi connectivity index (χ0v) is 16.9. The van der Waals surface area contributed by atoms with Crippen molar-refractivity contribution in [2.24, 2.45) is 0 Å². The molecule has 0 spiro atoms. The molecule has 3 aromatic rings. The third-order valence-corrected chi connectivity index (χ3v) is 7.97. The molecule has 2 aromatic heterocycles. The first-order valence-corrected chi connectivity index (χ1v) is 11.0. The topological polar surface area (TPSA) is 66.5 Å². The number of hydrogen-bond acceptors (Lipinski definition) is 5. The fourth-order valence-corrected chi connectivity index (χ4v) is 5.89. The van der Waals surface area contributed by atoms with Crippen molar-refractivity contribution < 1.29 is 13.2 Å². The quantitative estimate of drug-likeness (QED) is 0.635. The molecule has 0 aliphatic carbocycles. The minimum Gasteiger partial charge on any atom is -0.324 e. The summed E-state index contributed by atoms with van der Waals surface area (Å²) < 4.78 is 26.5. The van der Waals surface area contributed by atoms with Gasteiger partial charge in [0.1, 0.15) is 4.21 Å². The van der Waals surface area contributed by atoms with Crippen molar-refractivity contribution in [3.05, 3.63) is 58.2 Å². The van der Waals surface area contributed by atoms with E-state index in [1.165, 1.54) is 19.2 Å². The fourth-order valence-electron chi connectivity index (χ4n) is 2.31. The standard InChI is InChI=1S/C17H15ClN2O3S3/c1-20(26(22,23)17-9-8-15(18)25-17)11-16(21)19-13-6-3-2-5-12(13)14-7-4-10-24-14/h2-10H,11H2,1H3,(H,19,21). The second-order valence-corrected chi connectivity index (χ2v) is 10.3. The summed E-state index contributed by atoms with van der Waals surface area (Å²) in [4.78, 5) is 13.4. The van der Waals surface area contributed by atoms with Gasteiger partial charge in [0.05, 0.1) is 10.9 Å². The lowest BCUT2D eigenvalue weighted by molar-refractivity contribution is -0.116. The number of anilines is 1. The van der Waals surface area contributed by atoms with Crippen LogP contribution >= 0.6 is 34.3 Å². The molecule has 9 heteroatoms. The Morgan fingerprint density at radius 1 is 1.15 bits per heavy atom. The van der Waals surface area contributed by atoms with Gasteiger partial charge in [-0.25, -0.2) is 8.42 Å². The minimum absolute atomic E-state index is 0.108. The first-order chi connectivity index (χ1) is 12.4. The second-order valence-electron chi connectivity index (χ2n) is 5.39. The van der Waals surface area contributed by atoms with Crippen LogP contribution in [-0.2, 0) is 14.8 Å². The number of hydrogen-bond donors (Lipinski definition) is 1. The molecule has 1 N–H and O–H groups in total. The molecule has 0 aliphatic heterocycles. The van der Waals surface area contributed by atoms with Crippen LogP contribution in [0, 0.1) is 0 Å². The molecular weight excluding hydrogens is 412 g/mol. The number of amides is 1. The van der Waals surface area contributed by atoms with Crippen LogP contribution in [0.5, 0.6) is 0 Å². The molecule has 0 radical (unpaired) electrons. The lowest BCUT2D eigenvalue weighted by atomic mass is 10.1. The maximum atomic E-state index is 12.5. The molecule has 0 atom stereocenters. The van der Waals surface area contributed by atoms with Crippen LogP contribution in [0.2, 0.25) is 4.34 Å². The Labute approximate surface area is 164 Å². The molecule has 0 fully saturated rings. The van der Waals surface area contributed by atoms with Gasteiger partial charge in [-0.1, -0.05) is 35.9 Å². The number of thiophene rings is 2. The number of benzene rings is 1. The summed E-state index contributed by atoms with van der Waals surface area (Å²) in [5.41, 5.74) is 1.54. The molecule has 0 bridgehead atoms. The average Bonchev–Trinajstić information content (AvgIpc) is 3.27. The van der Waals surface area contributed by atoms with E-state index in [4.69, 9.17) is 11.6 Å². The van der Waals surface area contributed by atoms with Crippen molar-refractivity contribution in [2.75, 3.05) is 18.9 Å². The molecule has 0 saturated carbocycles. The molecule has 2 heterocycles. The van der Waals surface area contributed by atoms with Crippen molar-refractivity contribution in [2.45, 2.75) is 4.21 Å². The van der Waals surface area contributed by atoms with Crippen LogP contribution in [-0.4, -0.2) is 32.2 Å². The van der Waals surface area contributed by atoms with E-state index in [1.54, 1.807) is 17.4 Å². The Bertz CT molecular complexity index is 1010. The van der Waals surface area contributed by atoms with E-state index in [9.17, 15) is 13.2 Å². The lowest BCUT2D eigenvalue weighted by Gasteiger charge is -2.16. The number of nitrogens with zero attached hydrogens (tertiary/aromatic N) is 1. The summed E-state index contributed by atoms with van der Waals surface area (Å²) >= 11 is 8.33. The van der Waals surface area contributed by atoms with Gasteiger partial charge >= 0.3 is 0 Å². The van der Waals surface area contributed by atoms with E-state index < -0.39 is 15.9 Å². The molecule has 0 aliphatic rings. The van der Waals surface area contributed by atoms with Gasteiger partial charge in [-0.3, -0.25) is 4.79 Å². The van der Waals surface area contributed by atoms with Gasteiger partial charge in [0.2, 0.25) is 5.91 Å². The van der Waals surface area contributed by atoms with E-state index >= 15 is 0 Å². The van der Waals surface area contributed by atoms with E-state index in [1.807, 2.05) is 35.7 Å². The van der Waals surface area contributed by atoms with Crippen molar-refractivity contribution in [1.29, 1.82) is 0 Å². The number of para-hydroxylation sites is 1. The van der Waals surface area contributed by atoms with Gasteiger partial charge in [0.15, 0.2) is 0 Å². The van der Waals surface area contributed by atoms with Gasteiger partial charge < -0.3 is 5.32 Å². The highest BCUT2D eigenvalue weighted by atomic mass is 35.5. The van der Waals surface area contributed by atoms with E-state index in [0.29, 0.717) is 10.0 Å². The first kappa shape index (κ1) is 19.1. The second kappa shape index (κ2) is 7.89. The summed E-state index contributed by atoms with van der Waals surface area (Å²) in [6.07, 6.45) is 0. The SMILES string of the molecule is CN(CC(=O)Nc1ccccc1-c1cccs1)S(=O)(=O)c1ccc(Cl)s1. The third kappa shape index (κ3) is 4.16. The van der Waals surface area contributed by atoms with Crippen LogP contribution in [0.3, 0.4) is 0 Å². The molecule has 1 aromatic carbocycles. The van der Waals surface area contributed by atoms with Crippen LogP contribution in [0.1, 0.15) is 0 Å². The molecule has 0 saturated heterocycles. The zero-order valence-electron chi connectivity index (χ0n) is 13.7. The summed E-state index contributed by atoms with van der Waals surface area (Å²) in [7, 11) is -2.38. The van der Waals surface area contributed by atoms with Crippen LogP contribution in [0.25, 0.3) is 10.4 Å². The Morgan fingerprint density at radius 2 is 1.92 bits per heavy atom. The van der Waals surface area contributed by atoms with Gasteiger partial charge in [0, 0.05) is 23.2 Å². The minimum atomic E-state index is -3.75. The molecule has 1 amide bonds. The predicted molar refractivity (Wildman–Crippen MR) is 108 cm³/mol. The summed E-state index contributed by atoms with van der Waals surface area (Å²) in [6.45, 7) is -0.295. The smallest absolute Gasteiger partial charge is 0.252 e. The Kier molecular flexibility index (Phi) is 5.79. The Balaban J connectivity index is 1.74. The van der Waals surface area contributed by atoms with Gasteiger partial charge in [0.25, 0.3) is 10.0 Å². The van der Waals surface area contributed by atoms with E-state index in [2.05, 4.69) is 5.32 Å². The van der Waals surface area contributed by atoms with E-state index in [-0.39, 0.29) is 10.8 Å². The number of carbonyl (C=O) groups excluding carboxylic acids is 1. The molecule has 26 heavy (non-hydrogen) atoms. The van der Waals surface area contributed by atoms with Crippen molar-refractivity contribution in [1.82, 2.24) is 4.31 Å². The highest BCUT2D eigenvalue weighted by Gasteiger charge is 2.25. The maximum Gasteiger partial charge on any atom is 0.252 e. The monoisotopic (exact) mass is 426 g/mol. The summed E-state index contributed by atoms with van der Waals surface area (Å²) in [5.74, 6) is -0.414. The summed E-state index contributed by atoms with van der Waals surface area (Å²) in [6, 6.07) is 14.3. The number of likely N-dealkylation sites (N-methyl/N-ethyl adjacent to an activating group) is 1. The Morgan fingerprint density at radius 3 is 2.58 bits per heavy atom. The predicted octanol–water partition coefficient (Wildman–Crippen LogP) is 4.39. The Hall–Kier alpha value is -1.71. The van der Waals surface area contributed by atoms with Gasteiger partial charge in [-0.2, -0.15) is 4.31 Å². The largest absolute Gasteiger partial charge is 0.324 e. The number of carbonyl (C=O) groups is 1. The third-order valence-electron chi connectivity index (χ3n) is 3.57. The number of nitrogens with one attached hydrogen (secondary N) is 1. The van der Waals surface area contributed by atoms with Crippen LogP contribution in [0.15, 0.2) is 58.1 Å². The molecular formula is C17H15ClN2O3S3.